The lowest BCUT2D eigenvalue weighted by Crippen LogP contribution is -2.19. The molecule has 0 amide bonds. The van der Waals surface area contributed by atoms with Crippen LogP contribution in [-0.4, -0.2) is 13.2 Å². The van der Waals surface area contributed by atoms with E-state index in [2.05, 4.69) is 12.2 Å². The monoisotopic (exact) mass is 248 g/mol. The van der Waals surface area contributed by atoms with Crippen LogP contribution in [-0.2, 0) is 0 Å². The van der Waals surface area contributed by atoms with Gasteiger partial charge >= 0.3 is 0 Å². The number of anilines is 2. The fourth-order valence-corrected chi connectivity index (χ4v) is 2.65. The molecule has 3 heteroatoms. The van der Waals surface area contributed by atoms with E-state index in [1.54, 1.807) is 7.11 Å². The summed E-state index contributed by atoms with van der Waals surface area (Å²) in [5.41, 5.74) is 7.85. The van der Waals surface area contributed by atoms with Crippen LogP contribution in [0.3, 0.4) is 0 Å². The number of nitrogens with two attached hydrogens (primary N) is 1. The Morgan fingerprint density at radius 1 is 1.22 bits per heavy atom. The van der Waals surface area contributed by atoms with Gasteiger partial charge in [0.05, 0.1) is 18.5 Å². The van der Waals surface area contributed by atoms with Gasteiger partial charge in [0, 0.05) is 12.1 Å². The minimum absolute atomic E-state index is 0.561. The summed E-state index contributed by atoms with van der Waals surface area (Å²) in [6.45, 7) is 2.35. The zero-order chi connectivity index (χ0) is 13.0. The van der Waals surface area contributed by atoms with E-state index in [1.807, 2.05) is 18.2 Å². The predicted molar refractivity (Wildman–Crippen MR) is 77.1 cm³/mol. The molecule has 3 nitrogen and oxygen atoms in total. The van der Waals surface area contributed by atoms with Crippen molar-refractivity contribution in [2.24, 2.45) is 5.92 Å². The van der Waals surface area contributed by atoms with Crippen molar-refractivity contribution in [2.45, 2.75) is 45.1 Å². The molecule has 1 aliphatic carbocycles. The van der Waals surface area contributed by atoms with Gasteiger partial charge in [0.25, 0.3) is 0 Å². The van der Waals surface area contributed by atoms with Crippen molar-refractivity contribution < 1.29 is 4.74 Å². The number of hydrogen-bond donors (Lipinski definition) is 2. The van der Waals surface area contributed by atoms with Crippen LogP contribution in [0.2, 0.25) is 0 Å². The minimum atomic E-state index is 0.561. The Hall–Kier alpha value is -1.38. The van der Waals surface area contributed by atoms with Gasteiger partial charge in [-0.3, -0.25) is 0 Å². The number of nitrogens with one attached hydrogen (secondary N) is 1. The van der Waals surface area contributed by atoms with Crippen molar-refractivity contribution >= 4 is 11.4 Å². The van der Waals surface area contributed by atoms with Gasteiger partial charge < -0.3 is 15.8 Å². The Balaban J connectivity index is 2.00. The fourth-order valence-electron chi connectivity index (χ4n) is 2.65. The highest BCUT2D eigenvalue weighted by atomic mass is 16.5. The molecule has 3 N–H and O–H groups in total. The van der Waals surface area contributed by atoms with Crippen molar-refractivity contribution in [3.8, 4) is 5.75 Å². The molecule has 0 aromatic heterocycles. The standard InChI is InChI=1S/C15H24N2O/c1-11-4-3-5-12(7-6-11)17-15-9-8-13(18-2)10-14(15)16/h8-12,17H,3-7,16H2,1-2H3. The largest absolute Gasteiger partial charge is 0.497 e. The van der Waals surface area contributed by atoms with Crippen LogP contribution in [0, 0.1) is 5.92 Å². The van der Waals surface area contributed by atoms with Gasteiger partial charge in [-0.2, -0.15) is 0 Å². The number of ether oxygens (including phenoxy) is 1. The Morgan fingerprint density at radius 2 is 2.06 bits per heavy atom. The third-order valence-electron chi connectivity index (χ3n) is 3.88. The minimum Gasteiger partial charge on any atom is -0.497 e. The van der Waals surface area contributed by atoms with Crippen molar-refractivity contribution in [1.82, 2.24) is 0 Å². The Morgan fingerprint density at radius 3 is 2.78 bits per heavy atom. The SMILES string of the molecule is COc1ccc(NC2CCCC(C)CC2)c(N)c1. The zero-order valence-electron chi connectivity index (χ0n) is 11.4. The number of hydrogen-bond acceptors (Lipinski definition) is 3. The van der Waals surface area contributed by atoms with E-state index in [1.165, 1.54) is 32.1 Å². The summed E-state index contributed by atoms with van der Waals surface area (Å²) < 4.78 is 5.17. The van der Waals surface area contributed by atoms with Crippen molar-refractivity contribution in [1.29, 1.82) is 0 Å². The molecule has 0 bridgehead atoms. The molecule has 0 radical (unpaired) electrons. The third kappa shape index (κ3) is 3.31. The molecule has 2 rings (SSSR count). The van der Waals surface area contributed by atoms with E-state index in [9.17, 15) is 0 Å². The summed E-state index contributed by atoms with van der Waals surface area (Å²) in [5, 5.41) is 3.58. The van der Waals surface area contributed by atoms with Crippen LogP contribution < -0.4 is 15.8 Å². The van der Waals surface area contributed by atoms with Crippen LogP contribution in [0.5, 0.6) is 5.75 Å². The first kappa shape index (κ1) is 13.1. The molecule has 0 heterocycles. The van der Waals surface area contributed by atoms with Crippen molar-refractivity contribution in [3.63, 3.8) is 0 Å². The molecule has 0 saturated heterocycles. The lowest BCUT2D eigenvalue weighted by atomic mass is 10.0. The molecule has 1 fully saturated rings. The Kier molecular flexibility index (Phi) is 4.34. The van der Waals surface area contributed by atoms with Gasteiger partial charge in [0.2, 0.25) is 0 Å². The van der Waals surface area contributed by atoms with E-state index in [0.29, 0.717) is 6.04 Å². The molecule has 1 aromatic carbocycles. The molecule has 18 heavy (non-hydrogen) atoms. The second kappa shape index (κ2) is 5.98. The average molecular weight is 248 g/mol. The van der Waals surface area contributed by atoms with Crippen LogP contribution in [0.15, 0.2) is 18.2 Å². The molecule has 1 aromatic rings. The lowest BCUT2D eigenvalue weighted by molar-refractivity contribution is 0.415. The van der Waals surface area contributed by atoms with Crippen LogP contribution >= 0.6 is 0 Å². The smallest absolute Gasteiger partial charge is 0.121 e. The van der Waals surface area contributed by atoms with Gasteiger partial charge in [0.15, 0.2) is 0 Å². The first-order valence-corrected chi connectivity index (χ1v) is 6.89. The molecule has 0 aliphatic heterocycles. The number of nitrogen functional groups attached to an aromatic ring is 1. The maximum atomic E-state index is 6.04. The van der Waals surface area contributed by atoms with E-state index >= 15 is 0 Å². The highest BCUT2D eigenvalue weighted by molar-refractivity contribution is 5.68. The summed E-state index contributed by atoms with van der Waals surface area (Å²) >= 11 is 0. The lowest BCUT2D eigenvalue weighted by Gasteiger charge is -2.19. The molecule has 0 spiro atoms. The quantitative estimate of drug-likeness (QED) is 0.634. The van der Waals surface area contributed by atoms with Gasteiger partial charge in [-0.25, -0.2) is 0 Å². The van der Waals surface area contributed by atoms with E-state index in [0.717, 1.165) is 23.0 Å². The number of methoxy groups -OCH3 is 1. The van der Waals surface area contributed by atoms with E-state index < -0.39 is 0 Å². The first-order valence-electron chi connectivity index (χ1n) is 6.89. The third-order valence-corrected chi connectivity index (χ3v) is 3.88. The second-order valence-corrected chi connectivity index (χ2v) is 5.41. The summed E-state index contributed by atoms with van der Waals surface area (Å²) in [6, 6.07) is 6.41. The van der Waals surface area contributed by atoms with E-state index in [4.69, 9.17) is 10.5 Å². The van der Waals surface area contributed by atoms with Gasteiger partial charge in [-0.05, 0) is 37.3 Å². The Bertz CT molecular complexity index is 392. The zero-order valence-corrected chi connectivity index (χ0v) is 11.4. The summed E-state index contributed by atoms with van der Waals surface area (Å²) in [5.74, 6) is 1.68. The summed E-state index contributed by atoms with van der Waals surface area (Å²) in [6.07, 6.45) is 6.47. The fraction of sp³-hybridized carbons (Fsp3) is 0.600. The van der Waals surface area contributed by atoms with E-state index in [-0.39, 0.29) is 0 Å². The van der Waals surface area contributed by atoms with Crippen molar-refractivity contribution in [3.05, 3.63) is 18.2 Å². The predicted octanol–water partition coefficient (Wildman–Crippen LogP) is 3.66. The number of benzene rings is 1. The summed E-state index contributed by atoms with van der Waals surface area (Å²) in [4.78, 5) is 0. The second-order valence-electron chi connectivity index (χ2n) is 5.41. The Labute approximate surface area is 110 Å². The molecular formula is C15H24N2O. The average Bonchev–Trinajstić information content (AvgIpc) is 2.57. The van der Waals surface area contributed by atoms with Gasteiger partial charge in [-0.15, -0.1) is 0 Å². The molecule has 100 valence electrons. The van der Waals surface area contributed by atoms with Crippen LogP contribution in [0.4, 0.5) is 11.4 Å². The maximum Gasteiger partial charge on any atom is 0.121 e. The molecule has 1 saturated carbocycles. The molecule has 2 unspecified atom stereocenters. The van der Waals surface area contributed by atoms with Crippen LogP contribution in [0.1, 0.15) is 39.0 Å². The molecule has 2 atom stereocenters. The van der Waals surface area contributed by atoms with Crippen molar-refractivity contribution in [2.75, 3.05) is 18.2 Å². The topological polar surface area (TPSA) is 47.3 Å². The van der Waals surface area contributed by atoms with Gasteiger partial charge in [-0.1, -0.05) is 19.8 Å². The summed E-state index contributed by atoms with van der Waals surface area (Å²) in [7, 11) is 1.66. The highest BCUT2D eigenvalue weighted by Crippen LogP contribution is 2.29. The molecular weight excluding hydrogens is 224 g/mol. The first-order chi connectivity index (χ1) is 8.69. The maximum absolute atomic E-state index is 6.04. The van der Waals surface area contributed by atoms with Gasteiger partial charge in [0.1, 0.15) is 5.75 Å². The van der Waals surface area contributed by atoms with Crippen LogP contribution in [0.25, 0.3) is 0 Å². The molecule has 1 aliphatic rings. The normalized spacial score (nSPS) is 24.3. The highest BCUT2D eigenvalue weighted by Gasteiger charge is 2.16. The number of rotatable bonds is 3.